The molecule has 0 aromatic carbocycles. The van der Waals surface area contributed by atoms with Crippen molar-refractivity contribution >= 4 is 0 Å². The molecule has 0 heterocycles. The molecule has 0 aromatic rings. The van der Waals surface area contributed by atoms with E-state index in [1.807, 2.05) is 4.74 Å². The first-order valence-corrected chi connectivity index (χ1v) is 6.38. The maximum atomic E-state index is 13.6. The maximum Gasteiger partial charge on any atom is 0.458 e. The highest BCUT2D eigenvalue weighted by molar-refractivity contribution is 4.91. The molecule has 0 amide bonds. The van der Waals surface area contributed by atoms with Crippen LogP contribution in [0.15, 0.2) is 0 Å². The Labute approximate surface area is 152 Å². The van der Waals surface area contributed by atoms with Gasteiger partial charge in [-0.05, 0) is 0 Å². The monoisotopic (exact) mass is 496 g/mol. The van der Waals surface area contributed by atoms with Crippen LogP contribution in [-0.4, -0.2) is 55.2 Å². The molecule has 2 atom stereocenters. The van der Waals surface area contributed by atoms with Gasteiger partial charge in [0.25, 0.3) is 0 Å². The minimum atomic E-state index is -7.66. The van der Waals surface area contributed by atoms with Crippen molar-refractivity contribution in [3.63, 3.8) is 0 Å². The highest BCUT2D eigenvalue weighted by atomic mass is 19.4. The van der Waals surface area contributed by atoms with Gasteiger partial charge in [-0.2, -0.15) is 70.2 Å². The Morgan fingerprint density at radius 1 is 0.500 bits per heavy atom. The largest absolute Gasteiger partial charge is 0.458 e. The molecular formula is C10H5F17O3. The molecule has 182 valence electrons. The van der Waals surface area contributed by atoms with E-state index < -0.39 is 62.1 Å². The topological polar surface area (TPSA) is 27.7 Å². The number of ether oxygens (including phenoxy) is 3. The van der Waals surface area contributed by atoms with Gasteiger partial charge in [0.1, 0.15) is 6.61 Å². The molecular weight excluding hydrogens is 491 g/mol. The molecule has 0 N–H and O–H groups in total. The third-order valence-electron chi connectivity index (χ3n) is 2.59. The highest BCUT2D eigenvalue weighted by Crippen LogP contribution is 2.54. The Bertz CT molecular complexity index is 588. The van der Waals surface area contributed by atoms with E-state index >= 15 is 0 Å². The molecule has 30 heavy (non-hydrogen) atoms. The number of hydrogen-bond acceptors (Lipinski definition) is 3. The Kier molecular flexibility index (Phi) is 7.34. The van der Waals surface area contributed by atoms with Crippen molar-refractivity contribution in [2.75, 3.05) is 6.61 Å². The van der Waals surface area contributed by atoms with Crippen LogP contribution >= 0.6 is 0 Å². The van der Waals surface area contributed by atoms with Gasteiger partial charge in [-0.3, -0.25) is 9.47 Å². The van der Waals surface area contributed by atoms with Gasteiger partial charge >= 0.3 is 48.6 Å². The molecule has 0 spiro atoms. The number of alkyl halides is 17. The van der Waals surface area contributed by atoms with Crippen LogP contribution in [0.3, 0.4) is 0 Å². The van der Waals surface area contributed by atoms with E-state index in [1.165, 1.54) is 0 Å². The maximum absolute atomic E-state index is 13.6. The molecule has 20 heteroatoms. The molecule has 0 bridgehead atoms. The third-order valence-corrected chi connectivity index (χ3v) is 2.59. The smallest absolute Gasteiger partial charge is 0.304 e. The van der Waals surface area contributed by atoms with E-state index in [4.69, 9.17) is 0 Å². The second-order valence-corrected chi connectivity index (χ2v) is 5.17. The number of rotatable bonds is 8. The predicted octanol–water partition coefficient (Wildman–Crippen LogP) is 5.85. The Balaban J connectivity index is 6.16. The molecule has 0 aromatic heterocycles. The van der Waals surface area contributed by atoms with Gasteiger partial charge in [-0.25, -0.2) is 4.39 Å². The lowest BCUT2D eigenvalue weighted by molar-refractivity contribution is -0.556. The van der Waals surface area contributed by atoms with E-state index in [0.717, 1.165) is 0 Å². The van der Waals surface area contributed by atoms with Crippen molar-refractivity contribution in [1.29, 1.82) is 0 Å². The highest BCUT2D eigenvalue weighted by Gasteiger charge is 2.82. The number of halogens is 17. The van der Waals surface area contributed by atoms with Gasteiger partial charge in [0.15, 0.2) is 0 Å². The Hall–Kier alpha value is -1.31. The molecule has 0 aliphatic heterocycles. The zero-order valence-electron chi connectivity index (χ0n) is 13.4. The lowest BCUT2D eigenvalue weighted by atomic mass is 10.2. The minimum Gasteiger partial charge on any atom is -0.304 e. The van der Waals surface area contributed by atoms with Crippen LogP contribution in [0.1, 0.15) is 6.92 Å². The molecule has 0 radical (unpaired) electrons. The first kappa shape index (κ1) is 28.7. The van der Waals surface area contributed by atoms with Crippen LogP contribution in [0, 0.1) is 0 Å². The van der Waals surface area contributed by atoms with Crippen molar-refractivity contribution in [3.8, 4) is 0 Å². The first-order valence-electron chi connectivity index (χ1n) is 6.38. The van der Waals surface area contributed by atoms with E-state index in [1.54, 1.807) is 4.74 Å². The van der Waals surface area contributed by atoms with Gasteiger partial charge < -0.3 is 4.74 Å². The van der Waals surface area contributed by atoms with E-state index in [2.05, 4.69) is 4.74 Å². The van der Waals surface area contributed by atoms with E-state index in [-0.39, 0.29) is 0 Å². The summed E-state index contributed by atoms with van der Waals surface area (Å²) in [6.07, 6.45) is -41.9. The summed E-state index contributed by atoms with van der Waals surface area (Å²) in [5.41, 5.74) is 0. The normalized spacial score (nSPS) is 19.4. The van der Waals surface area contributed by atoms with E-state index in [0.29, 0.717) is 0 Å². The van der Waals surface area contributed by atoms with Gasteiger partial charge in [0.2, 0.25) is 0 Å². The Morgan fingerprint density at radius 3 is 1.20 bits per heavy atom. The second-order valence-electron chi connectivity index (χ2n) is 5.17. The molecule has 3 nitrogen and oxygen atoms in total. The molecule has 0 saturated carbocycles. The standard InChI is InChI=1S/C10H5F17O3/c1-3(11,6(16,17)18)29-8(22,23)5(15,7(19,20)21)30-10(26,27)9(24,25)28-2-4(12,13)14/h2H2,1H3. The summed E-state index contributed by atoms with van der Waals surface area (Å²) in [6, 6.07) is 0. The van der Waals surface area contributed by atoms with Crippen LogP contribution in [0.2, 0.25) is 0 Å². The molecule has 0 aliphatic carbocycles. The fraction of sp³-hybridized carbons (Fsp3) is 1.00. The zero-order valence-corrected chi connectivity index (χ0v) is 13.4. The van der Waals surface area contributed by atoms with Crippen molar-refractivity contribution < 1.29 is 88.8 Å². The van der Waals surface area contributed by atoms with Crippen LogP contribution in [-0.2, 0) is 14.2 Å². The molecule has 0 saturated heterocycles. The summed E-state index contributed by atoms with van der Waals surface area (Å²) in [7, 11) is 0. The van der Waals surface area contributed by atoms with Gasteiger partial charge in [0, 0.05) is 6.92 Å². The van der Waals surface area contributed by atoms with Crippen molar-refractivity contribution in [1.82, 2.24) is 0 Å². The van der Waals surface area contributed by atoms with Gasteiger partial charge in [0.05, 0.1) is 0 Å². The fourth-order valence-electron chi connectivity index (χ4n) is 1.14. The van der Waals surface area contributed by atoms with Crippen LogP contribution < -0.4 is 0 Å². The lowest BCUT2D eigenvalue weighted by Crippen LogP contribution is -2.65. The third kappa shape index (κ3) is 6.11. The molecule has 0 fully saturated rings. The summed E-state index contributed by atoms with van der Waals surface area (Å²) < 4.78 is 220. The molecule has 0 rings (SSSR count). The average Bonchev–Trinajstić information content (AvgIpc) is 2.40. The molecule has 2 unspecified atom stereocenters. The van der Waals surface area contributed by atoms with Crippen molar-refractivity contribution in [3.05, 3.63) is 0 Å². The fourth-order valence-corrected chi connectivity index (χ4v) is 1.14. The summed E-state index contributed by atoms with van der Waals surface area (Å²) in [6.45, 7) is -4.44. The van der Waals surface area contributed by atoms with Crippen molar-refractivity contribution in [2.45, 2.75) is 55.5 Å². The van der Waals surface area contributed by atoms with Crippen LogP contribution in [0.5, 0.6) is 0 Å². The van der Waals surface area contributed by atoms with Gasteiger partial charge in [-0.15, -0.1) is 0 Å². The average molecular weight is 496 g/mol. The summed E-state index contributed by atoms with van der Waals surface area (Å²) in [5, 5.41) is 0. The van der Waals surface area contributed by atoms with Crippen molar-refractivity contribution in [2.24, 2.45) is 0 Å². The van der Waals surface area contributed by atoms with E-state index in [9.17, 15) is 74.6 Å². The quantitative estimate of drug-likeness (QED) is 0.395. The van der Waals surface area contributed by atoms with Gasteiger partial charge in [-0.1, -0.05) is 0 Å². The Morgan fingerprint density at radius 2 is 0.900 bits per heavy atom. The first-order chi connectivity index (χ1) is 12.6. The second kappa shape index (κ2) is 7.68. The van der Waals surface area contributed by atoms with Crippen LogP contribution in [0.4, 0.5) is 74.6 Å². The predicted molar refractivity (Wildman–Crippen MR) is 54.5 cm³/mol. The summed E-state index contributed by atoms with van der Waals surface area (Å²) >= 11 is 0. The van der Waals surface area contributed by atoms with Crippen LogP contribution in [0.25, 0.3) is 0 Å². The summed E-state index contributed by atoms with van der Waals surface area (Å²) in [4.78, 5) is 0. The molecule has 0 aliphatic rings. The number of hydrogen-bond donors (Lipinski definition) is 0. The minimum absolute atomic E-state index is 1.09. The SMILES string of the molecule is CC(F)(OC(F)(F)C(F)(OC(F)(F)C(F)(F)OCC(F)(F)F)C(F)(F)F)C(F)(F)F. The summed E-state index contributed by atoms with van der Waals surface area (Å²) in [5.74, 6) is -13.6. The lowest BCUT2D eigenvalue weighted by Gasteiger charge is -2.39. The zero-order chi connectivity index (χ0) is 24.8.